The molecule has 32 heavy (non-hydrogen) atoms. The number of ether oxygens (including phenoxy) is 2. The number of rotatable bonds is 3. The third kappa shape index (κ3) is 3.68. The SMILES string of the molecule is COc1ccc(C2c3[nH]c4ccc(Cl)cc4c3CCN2C(=O)Oc2ccccc2Cl)cc1. The average molecular weight is 467 g/mol. The number of aromatic nitrogens is 1. The molecule has 2 heterocycles. The summed E-state index contributed by atoms with van der Waals surface area (Å²) in [5.74, 6) is 1.08. The number of benzene rings is 3. The molecule has 0 saturated carbocycles. The summed E-state index contributed by atoms with van der Waals surface area (Å²) in [6.45, 7) is 0.493. The first-order valence-electron chi connectivity index (χ1n) is 10.2. The van der Waals surface area contributed by atoms with Gasteiger partial charge >= 0.3 is 6.09 Å². The predicted octanol–water partition coefficient (Wildman–Crippen LogP) is 6.63. The van der Waals surface area contributed by atoms with Gasteiger partial charge in [0.05, 0.1) is 12.1 Å². The van der Waals surface area contributed by atoms with Crippen molar-refractivity contribution in [3.63, 3.8) is 0 Å². The zero-order chi connectivity index (χ0) is 22.2. The minimum Gasteiger partial charge on any atom is -0.497 e. The Morgan fingerprint density at radius 2 is 1.84 bits per heavy atom. The Hall–Kier alpha value is -3.15. The van der Waals surface area contributed by atoms with Crippen molar-refractivity contribution in [2.45, 2.75) is 12.5 Å². The van der Waals surface area contributed by atoms with Crippen molar-refractivity contribution >= 4 is 40.2 Å². The van der Waals surface area contributed by atoms with E-state index < -0.39 is 6.09 Å². The van der Waals surface area contributed by atoms with E-state index in [0.29, 0.717) is 28.8 Å². The van der Waals surface area contributed by atoms with Crippen molar-refractivity contribution in [2.75, 3.05) is 13.7 Å². The van der Waals surface area contributed by atoms with Gasteiger partial charge in [0.2, 0.25) is 0 Å². The molecule has 1 aromatic heterocycles. The Kier molecular flexibility index (Phi) is 5.45. The number of fused-ring (bicyclic) bond motifs is 3. The fourth-order valence-electron chi connectivity index (χ4n) is 4.27. The third-order valence-corrected chi connectivity index (χ3v) is 6.34. The number of carbonyl (C=O) groups excluding carboxylic acids is 1. The fraction of sp³-hybridized carbons (Fsp3) is 0.160. The molecule has 1 aliphatic rings. The number of aromatic amines is 1. The zero-order valence-electron chi connectivity index (χ0n) is 17.3. The first-order chi connectivity index (χ1) is 15.5. The van der Waals surface area contributed by atoms with Crippen LogP contribution in [0.15, 0.2) is 66.7 Å². The second-order valence-corrected chi connectivity index (χ2v) is 8.47. The largest absolute Gasteiger partial charge is 0.497 e. The van der Waals surface area contributed by atoms with E-state index in [-0.39, 0.29) is 6.04 Å². The molecule has 1 aliphatic heterocycles. The van der Waals surface area contributed by atoms with E-state index in [9.17, 15) is 4.79 Å². The van der Waals surface area contributed by atoms with E-state index in [1.165, 1.54) is 0 Å². The number of carbonyl (C=O) groups is 1. The zero-order valence-corrected chi connectivity index (χ0v) is 18.8. The molecule has 1 unspecified atom stereocenters. The number of nitrogens with zero attached hydrogens (tertiary/aromatic N) is 1. The molecular weight excluding hydrogens is 447 g/mol. The number of nitrogens with one attached hydrogen (secondary N) is 1. The molecule has 0 aliphatic carbocycles. The number of hydrogen-bond donors (Lipinski definition) is 1. The van der Waals surface area contributed by atoms with Crippen molar-refractivity contribution in [3.05, 3.63) is 93.6 Å². The molecule has 0 radical (unpaired) electrons. The molecule has 1 amide bonds. The highest BCUT2D eigenvalue weighted by Gasteiger charge is 2.36. The van der Waals surface area contributed by atoms with Crippen LogP contribution >= 0.6 is 23.2 Å². The van der Waals surface area contributed by atoms with E-state index in [4.69, 9.17) is 32.7 Å². The van der Waals surface area contributed by atoms with Gasteiger partial charge in [-0.2, -0.15) is 0 Å². The monoisotopic (exact) mass is 466 g/mol. The number of methoxy groups -OCH3 is 1. The van der Waals surface area contributed by atoms with Crippen molar-refractivity contribution < 1.29 is 14.3 Å². The maximum Gasteiger partial charge on any atom is 0.416 e. The molecular formula is C25H20Cl2N2O3. The van der Waals surface area contributed by atoms with Crippen LogP contribution in [0.1, 0.15) is 22.9 Å². The number of amides is 1. The highest BCUT2D eigenvalue weighted by molar-refractivity contribution is 6.32. The van der Waals surface area contributed by atoms with Crippen molar-refractivity contribution in [1.29, 1.82) is 0 Å². The Labute approximate surface area is 195 Å². The van der Waals surface area contributed by atoms with Crippen LogP contribution in [-0.2, 0) is 6.42 Å². The minimum absolute atomic E-state index is 0.335. The van der Waals surface area contributed by atoms with E-state index in [0.717, 1.165) is 33.5 Å². The Morgan fingerprint density at radius 1 is 1.06 bits per heavy atom. The van der Waals surface area contributed by atoms with Gasteiger partial charge in [0.25, 0.3) is 0 Å². The van der Waals surface area contributed by atoms with Gasteiger partial charge < -0.3 is 14.5 Å². The van der Waals surface area contributed by atoms with Gasteiger partial charge in [-0.3, -0.25) is 4.90 Å². The first-order valence-corrected chi connectivity index (χ1v) is 11.0. The summed E-state index contributed by atoms with van der Waals surface area (Å²) in [5, 5.41) is 2.14. The summed E-state index contributed by atoms with van der Waals surface area (Å²) in [6, 6.07) is 20.1. The Morgan fingerprint density at radius 3 is 2.59 bits per heavy atom. The topological polar surface area (TPSA) is 54.6 Å². The lowest BCUT2D eigenvalue weighted by molar-refractivity contribution is 0.135. The lowest BCUT2D eigenvalue weighted by atomic mass is 9.92. The first kappa shape index (κ1) is 20.7. The predicted molar refractivity (Wildman–Crippen MR) is 126 cm³/mol. The molecule has 1 atom stereocenters. The fourth-order valence-corrected chi connectivity index (χ4v) is 4.62. The molecule has 0 bridgehead atoms. The average Bonchev–Trinajstić information content (AvgIpc) is 3.18. The molecule has 3 aromatic carbocycles. The molecule has 0 saturated heterocycles. The number of halogens is 2. The van der Waals surface area contributed by atoms with Crippen LogP contribution < -0.4 is 9.47 Å². The number of H-pyrrole nitrogens is 1. The van der Waals surface area contributed by atoms with Gasteiger partial charge in [-0.05, 0) is 60.0 Å². The van der Waals surface area contributed by atoms with E-state index in [1.54, 1.807) is 36.3 Å². The molecule has 0 spiro atoms. The highest BCUT2D eigenvalue weighted by Crippen LogP contribution is 2.40. The van der Waals surface area contributed by atoms with Crippen molar-refractivity contribution in [2.24, 2.45) is 0 Å². The van der Waals surface area contributed by atoms with Crippen LogP contribution in [0.4, 0.5) is 4.79 Å². The second-order valence-electron chi connectivity index (χ2n) is 7.62. The maximum absolute atomic E-state index is 13.3. The van der Waals surface area contributed by atoms with Gasteiger partial charge in [0.15, 0.2) is 5.75 Å². The quantitative estimate of drug-likeness (QED) is 0.368. The number of hydrogen-bond acceptors (Lipinski definition) is 3. The summed E-state index contributed by atoms with van der Waals surface area (Å²) < 4.78 is 11.0. The van der Waals surface area contributed by atoms with Crippen LogP contribution in [0.5, 0.6) is 11.5 Å². The molecule has 162 valence electrons. The van der Waals surface area contributed by atoms with Crippen LogP contribution in [0.25, 0.3) is 10.9 Å². The smallest absolute Gasteiger partial charge is 0.416 e. The molecule has 4 aromatic rings. The van der Waals surface area contributed by atoms with Crippen molar-refractivity contribution in [1.82, 2.24) is 9.88 Å². The molecule has 0 fully saturated rings. The van der Waals surface area contributed by atoms with Gasteiger partial charge in [-0.25, -0.2) is 4.79 Å². The standard InChI is InChI=1S/C25H20Cl2N2O3/c1-31-17-9-6-15(7-10-17)24-23-18(19-14-16(26)8-11-21(19)28-23)12-13-29(24)25(30)32-22-5-3-2-4-20(22)27/h2-11,14,24,28H,12-13H2,1H3. The van der Waals surface area contributed by atoms with Crippen LogP contribution in [0.3, 0.4) is 0 Å². The van der Waals surface area contributed by atoms with Crippen LogP contribution in [-0.4, -0.2) is 29.6 Å². The summed E-state index contributed by atoms with van der Waals surface area (Å²) in [4.78, 5) is 18.5. The molecule has 5 nitrogen and oxygen atoms in total. The maximum atomic E-state index is 13.3. The summed E-state index contributed by atoms with van der Waals surface area (Å²) in [7, 11) is 1.63. The highest BCUT2D eigenvalue weighted by atomic mass is 35.5. The van der Waals surface area contributed by atoms with Crippen molar-refractivity contribution in [3.8, 4) is 11.5 Å². The van der Waals surface area contributed by atoms with Gasteiger partial charge in [-0.1, -0.05) is 47.5 Å². The lowest BCUT2D eigenvalue weighted by Gasteiger charge is -2.35. The normalized spacial score (nSPS) is 15.5. The van der Waals surface area contributed by atoms with Crippen LogP contribution in [0, 0.1) is 0 Å². The van der Waals surface area contributed by atoms with E-state index >= 15 is 0 Å². The van der Waals surface area contributed by atoms with E-state index in [1.807, 2.05) is 42.5 Å². The second kappa shape index (κ2) is 8.41. The number of para-hydroxylation sites is 1. The molecule has 7 heteroatoms. The van der Waals surface area contributed by atoms with Gasteiger partial charge in [0.1, 0.15) is 11.8 Å². The molecule has 1 N–H and O–H groups in total. The summed E-state index contributed by atoms with van der Waals surface area (Å²) in [6.07, 6.45) is 0.223. The minimum atomic E-state index is -0.457. The third-order valence-electron chi connectivity index (χ3n) is 5.79. The lowest BCUT2D eigenvalue weighted by Crippen LogP contribution is -2.42. The molecule has 5 rings (SSSR count). The Bertz CT molecular complexity index is 1300. The van der Waals surface area contributed by atoms with Gasteiger partial charge in [0, 0.05) is 28.2 Å². The van der Waals surface area contributed by atoms with Gasteiger partial charge in [-0.15, -0.1) is 0 Å². The Balaban J connectivity index is 1.59. The van der Waals surface area contributed by atoms with Crippen LogP contribution in [0.2, 0.25) is 10.0 Å². The summed E-state index contributed by atoms with van der Waals surface area (Å²) in [5.41, 5.74) is 4.04. The summed E-state index contributed by atoms with van der Waals surface area (Å²) >= 11 is 12.5. The van der Waals surface area contributed by atoms with E-state index in [2.05, 4.69) is 4.98 Å².